The Kier molecular flexibility index (Phi) is 7.94. The summed E-state index contributed by atoms with van der Waals surface area (Å²) in [5.74, 6) is 0.667. The van der Waals surface area contributed by atoms with Crippen LogP contribution in [0.5, 0.6) is 0 Å². The Balaban J connectivity index is 0.00000272. The van der Waals surface area contributed by atoms with Gasteiger partial charge in [-0.1, -0.05) is 0 Å². The van der Waals surface area contributed by atoms with E-state index in [1.165, 1.54) is 0 Å². The first-order valence-electron chi connectivity index (χ1n) is 10.1. The van der Waals surface area contributed by atoms with Crippen molar-refractivity contribution >= 4 is 40.3 Å². The first-order chi connectivity index (χ1) is 14.6. The highest BCUT2D eigenvalue weighted by Crippen LogP contribution is 2.29. The molecule has 0 fully saturated rings. The molecule has 0 aliphatic carbocycles. The Hall–Kier alpha value is -2.13. The molecule has 3 aromatic rings. The molecule has 6 nitrogen and oxygen atoms in total. The Morgan fingerprint density at radius 1 is 1.03 bits per heavy atom. The molecule has 1 aliphatic rings. The number of quaternary nitrogens is 1. The summed E-state index contributed by atoms with van der Waals surface area (Å²) in [5.41, 5.74) is 4.13. The van der Waals surface area contributed by atoms with E-state index in [2.05, 4.69) is 26.3 Å². The lowest BCUT2D eigenvalue weighted by Gasteiger charge is -2.37. The minimum atomic E-state index is -0.115. The third-order valence-corrected chi connectivity index (χ3v) is 7.22. The van der Waals surface area contributed by atoms with Crippen molar-refractivity contribution < 1.29 is 26.5 Å². The number of carbonyl (C=O) groups excluding carboxylic acids is 2. The lowest BCUT2D eigenvalue weighted by atomic mass is 9.99. The molecule has 4 heterocycles. The van der Waals surface area contributed by atoms with Crippen molar-refractivity contribution in [3.63, 3.8) is 0 Å². The normalized spacial score (nSPS) is 14.4. The largest absolute Gasteiger partial charge is 1.00 e. The van der Waals surface area contributed by atoms with Gasteiger partial charge in [-0.3, -0.25) is 0 Å². The minimum Gasteiger partial charge on any atom is -1.00 e. The van der Waals surface area contributed by atoms with Crippen LogP contribution in [-0.4, -0.2) is 40.1 Å². The maximum Gasteiger partial charge on any atom is 0.321 e. The molecule has 9 heteroatoms. The van der Waals surface area contributed by atoms with Crippen LogP contribution in [0.2, 0.25) is 0 Å². The quantitative estimate of drug-likeness (QED) is 0.511. The van der Waals surface area contributed by atoms with Crippen molar-refractivity contribution in [2.45, 2.75) is 38.6 Å². The van der Waals surface area contributed by atoms with Crippen LogP contribution in [-0.2, 0) is 35.4 Å². The minimum absolute atomic E-state index is 0. The number of nitrogens with zero attached hydrogens (tertiary/aromatic N) is 3. The SMILES string of the molecule is CNc1cc2c(nn1)CC[N+](C(=O)CCc1ccsc1)(C(=O)CCc1ccsc1)C2.[Cl-]. The van der Waals surface area contributed by atoms with Gasteiger partial charge in [-0.05, 0) is 63.7 Å². The van der Waals surface area contributed by atoms with Gasteiger partial charge < -0.3 is 17.7 Å². The maximum absolute atomic E-state index is 13.5. The van der Waals surface area contributed by atoms with E-state index in [1.54, 1.807) is 29.7 Å². The summed E-state index contributed by atoms with van der Waals surface area (Å²) < 4.78 is -0.115. The van der Waals surface area contributed by atoms with Gasteiger partial charge in [0.1, 0.15) is 12.4 Å². The van der Waals surface area contributed by atoms with Crippen molar-refractivity contribution in [3.05, 3.63) is 62.1 Å². The smallest absolute Gasteiger partial charge is 0.321 e. The van der Waals surface area contributed by atoms with E-state index in [1.807, 2.05) is 29.0 Å². The van der Waals surface area contributed by atoms with Gasteiger partial charge in [0.15, 0.2) is 0 Å². The summed E-state index contributed by atoms with van der Waals surface area (Å²) in [6, 6.07) is 6.01. The topological polar surface area (TPSA) is 72.0 Å². The molecule has 0 saturated carbocycles. The molecule has 0 atom stereocenters. The average Bonchev–Trinajstić information content (AvgIpc) is 3.49. The Labute approximate surface area is 196 Å². The number of nitrogens with one attached hydrogen (secondary N) is 1. The summed E-state index contributed by atoms with van der Waals surface area (Å²) in [7, 11) is 1.79. The summed E-state index contributed by atoms with van der Waals surface area (Å²) >= 11 is 3.26. The van der Waals surface area contributed by atoms with Crippen molar-refractivity contribution in [1.29, 1.82) is 0 Å². The Morgan fingerprint density at radius 3 is 2.16 bits per heavy atom. The number of amides is 2. The van der Waals surface area contributed by atoms with Gasteiger partial charge in [0.25, 0.3) is 0 Å². The van der Waals surface area contributed by atoms with Gasteiger partial charge in [-0.2, -0.15) is 32.3 Å². The molecule has 1 aliphatic heterocycles. The van der Waals surface area contributed by atoms with Crippen LogP contribution in [0.1, 0.15) is 35.2 Å². The highest BCUT2D eigenvalue weighted by molar-refractivity contribution is 7.08. The van der Waals surface area contributed by atoms with Crippen LogP contribution in [0, 0.1) is 0 Å². The molecule has 1 N–H and O–H groups in total. The predicted molar refractivity (Wildman–Crippen MR) is 119 cm³/mol. The molecule has 0 saturated heterocycles. The number of rotatable bonds is 7. The summed E-state index contributed by atoms with van der Waals surface area (Å²) in [5, 5.41) is 19.6. The standard InChI is InChI=1S/C22H25N4O2S2.ClH/c1-23-20-12-18-13-26(9-6-19(18)24-25-20,21(27)4-2-16-7-10-29-14-16)22(28)5-3-17-8-11-30-15-17;/h7-8,10-12,14-15H,2-6,9,13H2,1H3,(H,23,25);1H/q+1;/p-1. The zero-order chi connectivity index (χ0) is 21.0. The number of aromatic nitrogens is 2. The van der Waals surface area contributed by atoms with Crippen LogP contribution in [0.3, 0.4) is 0 Å². The molecule has 4 rings (SSSR count). The molecule has 0 bridgehead atoms. The number of hydrogen-bond acceptors (Lipinski definition) is 7. The summed E-state index contributed by atoms with van der Waals surface area (Å²) in [6.07, 6.45) is 2.66. The molecule has 0 unspecified atom stereocenters. The van der Waals surface area contributed by atoms with E-state index in [-0.39, 0.29) is 28.7 Å². The average molecular weight is 477 g/mol. The van der Waals surface area contributed by atoms with Crippen molar-refractivity contribution in [3.8, 4) is 0 Å². The number of halogens is 1. The van der Waals surface area contributed by atoms with Crippen molar-refractivity contribution in [1.82, 2.24) is 10.2 Å². The van der Waals surface area contributed by atoms with E-state index in [0.717, 1.165) is 22.4 Å². The number of carbonyl (C=O) groups is 2. The van der Waals surface area contributed by atoms with E-state index in [9.17, 15) is 9.59 Å². The number of thiophene rings is 2. The third-order valence-electron chi connectivity index (χ3n) is 5.76. The predicted octanol–water partition coefficient (Wildman–Crippen LogP) is 0.837. The molecule has 3 aromatic heterocycles. The van der Waals surface area contributed by atoms with Crippen LogP contribution >= 0.6 is 22.7 Å². The van der Waals surface area contributed by atoms with E-state index in [0.29, 0.717) is 51.0 Å². The first-order valence-corrected chi connectivity index (χ1v) is 12.0. The summed E-state index contributed by atoms with van der Waals surface area (Å²) in [4.78, 5) is 27.0. The zero-order valence-electron chi connectivity index (χ0n) is 17.3. The molecule has 31 heavy (non-hydrogen) atoms. The Bertz CT molecular complexity index is 972. The van der Waals surface area contributed by atoms with E-state index >= 15 is 0 Å². The molecule has 0 radical (unpaired) electrons. The molecular formula is C22H25ClN4O2S2. The van der Waals surface area contributed by atoms with Crippen molar-refractivity contribution in [2.24, 2.45) is 0 Å². The maximum atomic E-state index is 13.5. The second kappa shape index (κ2) is 10.5. The molecule has 0 spiro atoms. The second-order valence-electron chi connectivity index (χ2n) is 7.60. The fourth-order valence-electron chi connectivity index (χ4n) is 3.96. The number of anilines is 1. The number of aryl methyl sites for hydroxylation is 2. The van der Waals surface area contributed by atoms with Gasteiger partial charge in [-0.15, -0.1) is 5.10 Å². The van der Waals surface area contributed by atoms with Gasteiger partial charge in [-0.25, -0.2) is 9.59 Å². The monoisotopic (exact) mass is 476 g/mol. The fourth-order valence-corrected chi connectivity index (χ4v) is 5.36. The number of fused-ring (bicyclic) bond motifs is 1. The van der Waals surface area contributed by atoms with Gasteiger partial charge in [0.2, 0.25) is 0 Å². The Morgan fingerprint density at radius 2 is 1.65 bits per heavy atom. The lowest BCUT2D eigenvalue weighted by Crippen LogP contribution is -3.00. The molecule has 164 valence electrons. The fraction of sp³-hybridized carbons (Fsp3) is 0.364. The van der Waals surface area contributed by atoms with Gasteiger partial charge >= 0.3 is 11.8 Å². The van der Waals surface area contributed by atoms with Gasteiger partial charge in [0, 0.05) is 19.0 Å². The van der Waals surface area contributed by atoms with E-state index in [4.69, 9.17) is 0 Å². The van der Waals surface area contributed by atoms with Crippen molar-refractivity contribution in [2.75, 3.05) is 18.9 Å². The molecular weight excluding hydrogens is 452 g/mol. The number of imide groups is 1. The van der Waals surface area contributed by atoms with Crippen LogP contribution in [0.4, 0.5) is 5.82 Å². The highest BCUT2D eigenvalue weighted by Gasteiger charge is 2.46. The summed E-state index contributed by atoms with van der Waals surface area (Å²) in [6.45, 7) is 0.829. The highest BCUT2D eigenvalue weighted by atomic mass is 35.5. The third kappa shape index (κ3) is 5.20. The molecule has 0 aromatic carbocycles. The number of hydrogen-bond donors (Lipinski definition) is 1. The van der Waals surface area contributed by atoms with Crippen LogP contribution < -0.4 is 17.7 Å². The lowest BCUT2D eigenvalue weighted by molar-refractivity contribution is -0.796. The van der Waals surface area contributed by atoms with E-state index < -0.39 is 0 Å². The van der Waals surface area contributed by atoms with Crippen LogP contribution in [0.25, 0.3) is 0 Å². The molecule has 2 amide bonds. The second-order valence-corrected chi connectivity index (χ2v) is 9.16. The van der Waals surface area contributed by atoms with Gasteiger partial charge in [0.05, 0.1) is 25.1 Å². The van der Waals surface area contributed by atoms with Crippen LogP contribution in [0.15, 0.2) is 39.7 Å². The first kappa shape index (κ1) is 23.5. The zero-order valence-corrected chi connectivity index (χ0v) is 19.7.